The summed E-state index contributed by atoms with van der Waals surface area (Å²) in [6.45, 7) is 2.55. The Morgan fingerprint density at radius 2 is 1.81 bits per heavy atom. The number of halogens is 1. The molecule has 0 fully saturated rings. The second-order valence-corrected chi connectivity index (χ2v) is 6.36. The quantitative estimate of drug-likeness (QED) is 0.687. The van der Waals surface area contributed by atoms with Crippen molar-refractivity contribution in [2.24, 2.45) is 0 Å². The zero-order valence-electron chi connectivity index (χ0n) is 14.4. The third-order valence-electron chi connectivity index (χ3n) is 3.80. The van der Waals surface area contributed by atoms with Crippen LogP contribution in [0.1, 0.15) is 21.5 Å². The Morgan fingerprint density at radius 1 is 1.08 bits per heavy atom. The van der Waals surface area contributed by atoms with Gasteiger partial charge in [0.15, 0.2) is 0 Å². The smallest absolute Gasteiger partial charge is 0.254 e. The summed E-state index contributed by atoms with van der Waals surface area (Å²) in [5, 5.41) is 6.68. The lowest BCUT2D eigenvalue weighted by molar-refractivity contribution is 0.0953. The van der Waals surface area contributed by atoms with E-state index < -0.39 is 0 Å². The van der Waals surface area contributed by atoms with E-state index in [-0.39, 0.29) is 5.91 Å². The van der Waals surface area contributed by atoms with Gasteiger partial charge in [-0.3, -0.25) is 4.79 Å². The average Bonchev–Trinajstić information content (AvgIpc) is 2.64. The molecule has 1 aromatic heterocycles. The average molecular weight is 367 g/mol. The molecule has 0 aliphatic heterocycles. The maximum Gasteiger partial charge on any atom is 0.254 e. The van der Waals surface area contributed by atoms with Crippen molar-refractivity contribution in [1.82, 2.24) is 15.3 Å². The van der Waals surface area contributed by atoms with Crippen LogP contribution in [0.4, 0.5) is 11.6 Å². The number of benzene rings is 2. The number of carbonyl (C=O) groups excluding carboxylic acids is 1. The second kappa shape index (κ2) is 8.45. The fourth-order valence-electron chi connectivity index (χ4n) is 2.44. The molecule has 0 saturated carbocycles. The second-order valence-electron chi connectivity index (χ2n) is 5.92. The first kappa shape index (κ1) is 17.9. The molecule has 3 aromatic rings. The van der Waals surface area contributed by atoms with Crippen LogP contribution in [0.5, 0.6) is 0 Å². The first-order chi connectivity index (χ1) is 12.6. The molecular formula is C20H19ClN4O. The van der Waals surface area contributed by atoms with Crippen LogP contribution in [0.2, 0.25) is 5.02 Å². The highest BCUT2D eigenvalue weighted by Gasteiger charge is 2.07. The molecule has 0 aliphatic rings. The third-order valence-corrected chi connectivity index (χ3v) is 4.05. The maximum absolute atomic E-state index is 12.2. The predicted octanol–water partition coefficient (Wildman–Crippen LogP) is 4.15. The minimum atomic E-state index is -0.193. The standard InChI is InChI=1S/C20H19ClN4O/c1-14-3-2-4-18(11-14)25-20-23-12-16(13-24-20)19(26)22-10-9-15-5-7-17(21)8-6-15/h2-8,11-13H,9-10H2,1H3,(H,22,26)(H,23,24,25). The molecular weight excluding hydrogens is 348 g/mol. The molecule has 6 heteroatoms. The Bertz CT molecular complexity index is 879. The topological polar surface area (TPSA) is 66.9 Å². The first-order valence-corrected chi connectivity index (χ1v) is 8.66. The molecule has 1 amide bonds. The van der Waals surface area contributed by atoms with Gasteiger partial charge in [0.05, 0.1) is 5.56 Å². The van der Waals surface area contributed by atoms with E-state index >= 15 is 0 Å². The lowest BCUT2D eigenvalue weighted by Gasteiger charge is -2.07. The minimum absolute atomic E-state index is 0.193. The van der Waals surface area contributed by atoms with E-state index in [0.717, 1.165) is 23.2 Å². The summed E-state index contributed by atoms with van der Waals surface area (Å²) < 4.78 is 0. The van der Waals surface area contributed by atoms with Crippen LogP contribution in [-0.2, 0) is 6.42 Å². The van der Waals surface area contributed by atoms with Gasteiger partial charge in [0.1, 0.15) is 0 Å². The Kier molecular flexibility index (Phi) is 5.81. The van der Waals surface area contributed by atoms with Crippen LogP contribution in [0.15, 0.2) is 60.9 Å². The summed E-state index contributed by atoms with van der Waals surface area (Å²) in [7, 11) is 0. The van der Waals surface area contributed by atoms with Crippen molar-refractivity contribution in [1.29, 1.82) is 0 Å². The van der Waals surface area contributed by atoms with Gasteiger partial charge in [0.2, 0.25) is 5.95 Å². The van der Waals surface area contributed by atoms with E-state index in [1.165, 1.54) is 12.4 Å². The van der Waals surface area contributed by atoms with Crippen LogP contribution in [-0.4, -0.2) is 22.4 Å². The molecule has 5 nitrogen and oxygen atoms in total. The zero-order valence-corrected chi connectivity index (χ0v) is 15.1. The number of aromatic nitrogens is 2. The van der Waals surface area contributed by atoms with Gasteiger partial charge in [0.25, 0.3) is 5.91 Å². The number of aryl methyl sites for hydroxylation is 1. The number of rotatable bonds is 6. The van der Waals surface area contributed by atoms with E-state index in [1.54, 1.807) is 0 Å². The van der Waals surface area contributed by atoms with E-state index in [9.17, 15) is 4.79 Å². The maximum atomic E-state index is 12.2. The lowest BCUT2D eigenvalue weighted by atomic mass is 10.1. The summed E-state index contributed by atoms with van der Waals surface area (Å²) >= 11 is 5.86. The summed E-state index contributed by atoms with van der Waals surface area (Å²) in [6, 6.07) is 15.5. The molecule has 0 radical (unpaired) electrons. The molecule has 0 bridgehead atoms. The molecule has 26 heavy (non-hydrogen) atoms. The van der Waals surface area contributed by atoms with Crippen molar-refractivity contribution < 1.29 is 4.79 Å². The van der Waals surface area contributed by atoms with Crippen molar-refractivity contribution in [3.8, 4) is 0 Å². The van der Waals surface area contributed by atoms with Gasteiger partial charge in [-0.25, -0.2) is 9.97 Å². The molecule has 0 atom stereocenters. The molecule has 0 aliphatic carbocycles. The van der Waals surface area contributed by atoms with Gasteiger partial charge in [-0.2, -0.15) is 0 Å². The number of amides is 1. The van der Waals surface area contributed by atoms with Crippen molar-refractivity contribution in [3.63, 3.8) is 0 Å². The van der Waals surface area contributed by atoms with Crippen LogP contribution in [0.3, 0.4) is 0 Å². The Morgan fingerprint density at radius 3 is 2.50 bits per heavy atom. The van der Waals surface area contributed by atoms with Crippen molar-refractivity contribution in [2.75, 3.05) is 11.9 Å². The van der Waals surface area contributed by atoms with Gasteiger partial charge in [-0.15, -0.1) is 0 Å². The monoisotopic (exact) mass is 366 g/mol. The Balaban J connectivity index is 1.52. The molecule has 3 rings (SSSR count). The molecule has 0 spiro atoms. The van der Waals surface area contributed by atoms with Crippen LogP contribution in [0, 0.1) is 6.92 Å². The molecule has 132 valence electrons. The largest absolute Gasteiger partial charge is 0.352 e. The van der Waals surface area contributed by atoms with E-state index in [0.29, 0.717) is 23.1 Å². The SMILES string of the molecule is Cc1cccc(Nc2ncc(C(=O)NCCc3ccc(Cl)cc3)cn2)c1. The Labute approximate surface area is 157 Å². The van der Waals surface area contributed by atoms with E-state index in [1.807, 2.05) is 55.5 Å². The number of hydrogen-bond donors (Lipinski definition) is 2. The molecule has 2 N–H and O–H groups in total. The molecule has 0 unspecified atom stereocenters. The summed E-state index contributed by atoms with van der Waals surface area (Å²) in [4.78, 5) is 20.6. The number of anilines is 2. The van der Waals surface area contributed by atoms with E-state index in [4.69, 9.17) is 11.6 Å². The van der Waals surface area contributed by atoms with Crippen molar-refractivity contribution in [2.45, 2.75) is 13.3 Å². The fourth-order valence-corrected chi connectivity index (χ4v) is 2.56. The van der Waals surface area contributed by atoms with Crippen LogP contribution in [0.25, 0.3) is 0 Å². The lowest BCUT2D eigenvalue weighted by Crippen LogP contribution is -2.26. The summed E-state index contributed by atoms with van der Waals surface area (Å²) in [6.07, 6.45) is 3.77. The number of nitrogens with one attached hydrogen (secondary N) is 2. The summed E-state index contributed by atoms with van der Waals surface area (Å²) in [5.41, 5.74) is 3.59. The zero-order chi connectivity index (χ0) is 18.4. The highest BCUT2D eigenvalue weighted by molar-refractivity contribution is 6.30. The van der Waals surface area contributed by atoms with Gasteiger partial charge < -0.3 is 10.6 Å². The normalized spacial score (nSPS) is 10.4. The van der Waals surface area contributed by atoms with Crippen molar-refractivity contribution >= 4 is 29.1 Å². The molecule has 2 aromatic carbocycles. The van der Waals surface area contributed by atoms with E-state index in [2.05, 4.69) is 20.6 Å². The van der Waals surface area contributed by atoms with Gasteiger partial charge in [-0.1, -0.05) is 35.9 Å². The predicted molar refractivity (Wildman–Crippen MR) is 104 cm³/mol. The van der Waals surface area contributed by atoms with Gasteiger partial charge in [-0.05, 0) is 48.7 Å². The number of nitrogens with zero attached hydrogens (tertiary/aromatic N) is 2. The number of carbonyl (C=O) groups is 1. The van der Waals surface area contributed by atoms with Gasteiger partial charge in [0, 0.05) is 29.6 Å². The Hall–Kier alpha value is -2.92. The van der Waals surface area contributed by atoms with Crippen LogP contribution < -0.4 is 10.6 Å². The number of hydrogen-bond acceptors (Lipinski definition) is 4. The molecule has 0 saturated heterocycles. The first-order valence-electron chi connectivity index (χ1n) is 8.28. The third kappa shape index (κ3) is 5.04. The van der Waals surface area contributed by atoms with Crippen LogP contribution >= 0.6 is 11.6 Å². The highest BCUT2D eigenvalue weighted by atomic mass is 35.5. The highest BCUT2D eigenvalue weighted by Crippen LogP contribution is 2.14. The van der Waals surface area contributed by atoms with Crippen molar-refractivity contribution in [3.05, 3.63) is 82.6 Å². The van der Waals surface area contributed by atoms with Gasteiger partial charge >= 0.3 is 0 Å². The molecule has 1 heterocycles. The fraction of sp³-hybridized carbons (Fsp3) is 0.150. The summed E-state index contributed by atoms with van der Waals surface area (Å²) in [5.74, 6) is 0.259. The minimum Gasteiger partial charge on any atom is -0.352 e.